The number of rotatable bonds is 9. The summed E-state index contributed by atoms with van der Waals surface area (Å²) in [4.78, 5) is 15.9. The van der Waals surface area contributed by atoms with Crippen LogP contribution in [0.25, 0.3) is 10.9 Å². The normalized spacial score (nSPS) is 11.7. The molecule has 6 nitrogen and oxygen atoms in total. The molecule has 1 heterocycles. The zero-order valence-electron chi connectivity index (χ0n) is 18.1. The van der Waals surface area contributed by atoms with E-state index in [2.05, 4.69) is 16.4 Å². The van der Waals surface area contributed by atoms with E-state index in [-0.39, 0.29) is 18.4 Å². The number of aromatic amines is 1. The van der Waals surface area contributed by atoms with Gasteiger partial charge in [-0.2, -0.15) is 0 Å². The first kappa shape index (κ1) is 21.3. The van der Waals surface area contributed by atoms with Crippen molar-refractivity contribution < 1.29 is 19.0 Å². The SMILES string of the molecule is COc1cccc(C(CNC(=O)COc2ccccc2)c2c[nH]c3ccccc23)c1OC. The van der Waals surface area contributed by atoms with Gasteiger partial charge in [0, 0.05) is 35.1 Å². The van der Waals surface area contributed by atoms with Gasteiger partial charge in [-0.25, -0.2) is 0 Å². The van der Waals surface area contributed by atoms with Crippen LogP contribution in [0.5, 0.6) is 17.2 Å². The molecule has 32 heavy (non-hydrogen) atoms. The number of nitrogens with one attached hydrogen (secondary N) is 2. The topological polar surface area (TPSA) is 72.6 Å². The van der Waals surface area contributed by atoms with Gasteiger partial charge in [0.05, 0.1) is 14.2 Å². The highest BCUT2D eigenvalue weighted by molar-refractivity contribution is 5.84. The lowest BCUT2D eigenvalue weighted by molar-refractivity contribution is -0.123. The average molecular weight is 431 g/mol. The third-order valence-corrected chi connectivity index (χ3v) is 5.42. The molecular formula is C26H26N2O4. The van der Waals surface area contributed by atoms with Gasteiger partial charge in [-0.05, 0) is 29.8 Å². The molecule has 4 rings (SSSR count). The molecule has 0 spiro atoms. The first-order valence-corrected chi connectivity index (χ1v) is 10.4. The minimum absolute atomic E-state index is 0.0557. The summed E-state index contributed by atoms with van der Waals surface area (Å²) in [5.74, 6) is 1.61. The molecule has 2 N–H and O–H groups in total. The molecule has 0 fully saturated rings. The number of para-hydroxylation sites is 3. The van der Waals surface area contributed by atoms with Gasteiger partial charge in [0.2, 0.25) is 0 Å². The number of benzene rings is 3. The summed E-state index contributed by atoms with van der Waals surface area (Å²) in [7, 11) is 3.24. The highest BCUT2D eigenvalue weighted by Gasteiger charge is 2.24. The van der Waals surface area contributed by atoms with E-state index in [9.17, 15) is 4.79 Å². The lowest BCUT2D eigenvalue weighted by Crippen LogP contribution is -2.33. The summed E-state index contributed by atoms with van der Waals surface area (Å²) in [5, 5.41) is 4.11. The fourth-order valence-corrected chi connectivity index (χ4v) is 3.89. The average Bonchev–Trinajstić information content (AvgIpc) is 3.27. The van der Waals surface area contributed by atoms with E-state index in [0.29, 0.717) is 23.8 Å². The standard InChI is InChI=1S/C26H26N2O4/c1-30-24-14-8-12-20(26(24)31-2)22(21-15-27-23-13-7-6-11-19(21)23)16-28-25(29)17-32-18-9-4-3-5-10-18/h3-15,22,27H,16-17H2,1-2H3,(H,28,29). The van der Waals surface area contributed by atoms with Gasteiger partial charge in [-0.3, -0.25) is 4.79 Å². The van der Waals surface area contributed by atoms with Gasteiger partial charge in [0.1, 0.15) is 5.75 Å². The van der Waals surface area contributed by atoms with Crippen molar-refractivity contribution in [3.63, 3.8) is 0 Å². The number of carbonyl (C=O) groups excluding carboxylic acids is 1. The molecule has 3 aromatic carbocycles. The Labute approximate surface area is 187 Å². The minimum atomic E-state index is -0.194. The molecule has 0 aliphatic carbocycles. The Bertz CT molecular complexity index is 1190. The van der Waals surface area contributed by atoms with Gasteiger partial charge < -0.3 is 24.5 Å². The van der Waals surface area contributed by atoms with Crippen LogP contribution in [-0.4, -0.2) is 38.3 Å². The summed E-state index contributed by atoms with van der Waals surface area (Å²) in [6.45, 7) is 0.322. The molecule has 1 atom stereocenters. The number of H-pyrrole nitrogens is 1. The number of methoxy groups -OCH3 is 2. The summed E-state index contributed by atoms with van der Waals surface area (Å²) in [6.07, 6.45) is 1.99. The first-order chi connectivity index (χ1) is 15.7. The number of hydrogen-bond donors (Lipinski definition) is 2. The summed E-state index contributed by atoms with van der Waals surface area (Å²) in [5.41, 5.74) is 3.03. The van der Waals surface area contributed by atoms with Crippen LogP contribution in [0.2, 0.25) is 0 Å². The Morgan fingerprint density at radius 3 is 2.47 bits per heavy atom. The van der Waals surface area contributed by atoms with Crippen molar-refractivity contribution in [3.8, 4) is 17.2 Å². The zero-order valence-corrected chi connectivity index (χ0v) is 18.1. The monoisotopic (exact) mass is 430 g/mol. The molecule has 4 aromatic rings. The third-order valence-electron chi connectivity index (χ3n) is 5.42. The Morgan fingerprint density at radius 2 is 1.69 bits per heavy atom. The molecule has 1 aromatic heterocycles. The highest BCUT2D eigenvalue weighted by Crippen LogP contribution is 2.40. The summed E-state index contributed by atoms with van der Waals surface area (Å²) >= 11 is 0. The van der Waals surface area contributed by atoms with Crippen LogP contribution in [0.15, 0.2) is 79.0 Å². The second-order valence-corrected chi connectivity index (χ2v) is 7.33. The van der Waals surface area contributed by atoms with Crippen molar-refractivity contribution in [2.24, 2.45) is 0 Å². The van der Waals surface area contributed by atoms with E-state index >= 15 is 0 Å². The van der Waals surface area contributed by atoms with E-state index in [0.717, 1.165) is 22.0 Å². The van der Waals surface area contributed by atoms with Crippen LogP contribution in [0.4, 0.5) is 0 Å². The van der Waals surface area contributed by atoms with Crippen LogP contribution in [0, 0.1) is 0 Å². The molecule has 0 aliphatic heterocycles. The summed E-state index contributed by atoms with van der Waals surface area (Å²) in [6, 6.07) is 23.2. The Morgan fingerprint density at radius 1 is 0.906 bits per heavy atom. The molecule has 0 radical (unpaired) electrons. The Kier molecular flexibility index (Phi) is 6.60. The quantitative estimate of drug-likeness (QED) is 0.410. The number of hydrogen-bond acceptors (Lipinski definition) is 4. The predicted octanol–water partition coefficient (Wildman–Crippen LogP) is 4.51. The fourth-order valence-electron chi connectivity index (χ4n) is 3.89. The van der Waals surface area contributed by atoms with Crippen molar-refractivity contribution in [2.45, 2.75) is 5.92 Å². The smallest absolute Gasteiger partial charge is 0.257 e. The lowest BCUT2D eigenvalue weighted by Gasteiger charge is -2.22. The van der Waals surface area contributed by atoms with Gasteiger partial charge in [0.25, 0.3) is 5.91 Å². The van der Waals surface area contributed by atoms with Crippen molar-refractivity contribution in [1.29, 1.82) is 0 Å². The second kappa shape index (κ2) is 9.92. The molecular weight excluding hydrogens is 404 g/mol. The van der Waals surface area contributed by atoms with Crippen LogP contribution in [0.1, 0.15) is 17.0 Å². The maximum atomic E-state index is 12.6. The van der Waals surface area contributed by atoms with Gasteiger partial charge >= 0.3 is 0 Å². The first-order valence-electron chi connectivity index (χ1n) is 10.4. The van der Waals surface area contributed by atoms with E-state index in [1.54, 1.807) is 14.2 Å². The Hall–Kier alpha value is -3.93. The van der Waals surface area contributed by atoms with Gasteiger partial charge in [-0.15, -0.1) is 0 Å². The minimum Gasteiger partial charge on any atom is -0.493 e. The molecule has 0 aliphatic rings. The van der Waals surface area contributed by atoms with Gasteiger partial charge in [-0.1, -0.05) is 48.5 Å². The van der Waals surface area contributed by atoms with E-state index in [1.165, 1.54) is 0 Å². The molecule has 0 saturated heterocycles. The molecule has 1 amide bonds. The predicted molar refractivity (Wildman–Crippen MR) is 125 cm³/mol. The van der Waals surface area contributed by atoms with E-state index in [1.807, 2.05) is 72.9 Å². The molecule has 1 unspecified atom stereocenters. The van der Waals surface area contributed by atoms with Crippen molar-refractivity contribution in [1.82, 2.24) is 10.3 Å². The van der Waals surface area contributed by atoms with Crippen LogP contribution in [-0.2, 0) is 4.79 Å². The number of carbonyl (C=O) groups is 1. The molecule has 0 saturated carbocycles. The second-order valence-electron chi connectivity index (χ2n) is 7.33. The highest BCUT2D eigenvalue weighted by atomic mass is 16.5. The number of ether oxygens (including phenoxy) is 3. The third kappa shape index (κ3) is 4.54. The largest absolute Gasteiger partial charge is 0.493 e. The number of fused-ring (bicyclic) bond motifs is 1. The van der Waals surface area contributed by atoms with Gasteiger partial charge in [0.15, 0.2) is 18.1 Å². The molecule has 164 valence electrons. The fraction of sp³-hybridized carbons (Fsp3) is 0.192. The van der Waals surface area contributed by atoms with Crippen LogP contribution < -0.4 is 19.5 Å². The summed E-state index contributed by atoms with van der Waals surface area (Å²) < 4.78 is 16.8. The maximum Gasteiger partial charge on any atom is 0.257 e. The van der Waals surface area contributed by atoms with Crippen molar-refractivity contribution >= 4 is 16.8 Å². The lowest BCUT2D eigenvalue weighted by atomic mass is 9.90. The van der Waals surface area contributed by atoms with Crippen LogP contribution in [0.3, 0.4) is 0 Å². The van der Waals surface area contributed by atoms with Crippen molar-refractivity contribution in [2.75, 3.05) is 27.4 Å². The zero-order chi connectivity index (χ0) is 22.3. The molecule has 6 heteroatoms. The molecule has 0 bridgehead atoms. The maximum absolute atomic E-state index is 12.6. The number of aromatic nitrogens is 1. The van der Waals surface area contributed by atoms with E-state index in [4.69, 9.17) is 14.2 Å². The Balaban J connectivity index is 1.61. The number of amides is 1. The van der Waals surface area contributed by atoms with E-state index < -0.39 is 0 Å². The van der Waals surface area contributed by atoms with Crippen LogP contribution >= 0.6 is 0 Å². The van der Waals surface area contributed by atoms with Crippen molar-refractivity contribution in [3.05, 3.63) is 90.1 Å².